The van der Waals surface area contributed by atoms with Gasteiger partial charge in [0.05, 0.1) is 12.2 Å². The van der Waals surface area contributed by atoms with E-state index in [1.807, 2.05) is 0 Å². The van der Waals surface area contributed by atoms with Crippen molar-refractivity contribution in [3.8, 4) is 0 Å². The molecule has 1 unspecified atom stereocenters. The third-order valence-corrected chi connectivity index (χ3v) is 4.41. The Hall–Kier alpha value is -2.50. The highest BCUT2D eigenvalue weighted by Crippen LogP contribution is 2.32. The summed E-state index contributed by atoms with van der Waals surface area (Å²) in [6.07, 6.45) is 3.66. The Morgan fingerprint density at radius 3 is 2.81 bits per heavy atom. The minimum absolute atomic E-state index is 0.00315. The van der Waals surface area contributed by atoms with Crippen LogP contribution < -0.4 is 0 Å². The summed E-state index contributed by atoms with van der Waals surface area (Å²) < 4.78 is 24.4. The van der Waals surface area contributed by atoms with Crippen LogP contribution in [0, 0.1) is 11.7 Å². The molecule has 140 valence electrons. The topological polar surface area (TPSA) is 69.7 Å². The van der Waals surface area contributed by atoms with E-state index in [0.29, 0.717) is 37.9 Å². The number of ether oxygens (including phenoxy) is 2. The van der Waals surface area contributed by atoms with E-state index in [1.54, 1.807) is 6.92 Å². The van der Waals surface area contributed by atoms with E-state index in [1.165, 1.54) is 18.2 Å². The number of esters is 2. The molecule has 26 heavy (non-hydrogen) atoms. The number of hydrogen-bond acceptors (Lipinski definition) is 5. The molecule has 0 saturated heterocycles. The van der Waals surface area contributed by atoms with Gasteiger partial charge in [-0.3, -0.25) is 9.59 Å². The van der Waals surface area contributed by atoms with Crippen LogP contribution in [-0.2, 0) is 20.7 Å². The van der Waals surface area contributed by atoms with Gasteiger partial charge in [0.2, 0.25) is 0 Å². The molecule has 0 saturated carbocycles. The van der Waals surface area contributed by atoms with Crippen LogP contribution in [0.15, 0.2) is 24.8 Å². The van der Waals surface area contributed by atoms with Gasteiger partial charge >= 0.3 is 11.9 Å². The molecular weight excluding hydrogens is 339 g/mol. The molecule has 0 amide bonds. The zero-order valence-corrected chi connectivity index (χ0v) is 14.9. The molecule has 1 aromatic rings. The fourth-order valence-electron chi connectivity index (χ4n) is 3.14. The molecule has 0 fully saturated rings. The predicted molar refractivity (Wildman–Crippen MR) is 93.5 cm³/mol. The van der Waals surface area contributed by atoms with Gasteiger partial charge in [-0.15, -0.1) is 0 Å². The summed E-state index contributed by atoms with van der Waals surface area (Å²) in [4.78, 5) is 35.9. The molecule has 1 aromatic carbocycles. The van der Waals surface area contributed by atoms with Crippen molar-refractivity contribution in [1.29, 1.82) is 0 Å². The lowest BCUT2D eigenvalue weighted by molar-refractivity contribution is -0.143. The first-order valence-corrected chi connectivity index (χ1v) is 8.78. The van der Waals surface area contributed by atoms with E-state index in [4.69, 9.17) is 9.47 Å². The van der Waals surface area contributed by atoms with Crippen LogP contribution in [0.25, 0.3) is 0 Å². The second kappa shape index (κ2) is 9.27. The lowest BCUT2D eigenvalue weighted by Crippen LogP contribution is -2.25. The summed E-state index contributed by atoms with van der Waals surface area (Å²) in [6.45, 7) is 5.52. The Kier molecular flexibility index (Phi) is 7.06. The van der Waals surface area contributed by atoms with Gasteiger partial charge in [-0.05, 0) is 44.2 Å². The van der Waals surface area contributed by atoms with Crippen molar-refractivity contribution in [2.24, 2.45) is 5.92 Å². The minimum atomic E-state index is -0.769. The van der Waals surface area contributed by atoms with Crippen LogP contribution in [0.1, 0.15) is 58.9 Å². The highest BCUT2D eigenvalue weighted by molar-refractivity contribution is 6.01. The number of carbonyl (C=O) groups is 3. The summed E-state index contributed by atoms with van der Waals surface area (Å²) in [7, 11) is 0. The Labute approximate surface area is 152 Å². The number of Topliss-reactive ketones (excluding diaryl/α,β-unsaturated/α-hetero) is 1. The van der Waals surface area contributed by atoms with Crippen molar-refractivity contribution in [2.45, 2.75) is 39.0 Å². The largest absolute Gasteiger partial charge is 0.466 e. The maximum atomic E-state index is 14.6. The smallest absolute Gasteiger partial charge is 0.341 e. The van der Waals surface area contributed by atoms with Gasteiger partial charge in [0, 0.05) is 17.9 Å². The van der Waals surface area contributed by atoms with E-state index < -0.39 is 11.8 Å². The van der Waals surface area contributed by atoms with Crippen molar-refractivity contribution in [1.82, 2.24) is 0 Å². The van der Waals surface area contributed by atoms with E-state index in [9.17, 15) is 18.8 Å². The van der Waals surface area contributed by atoms with Crippen LogP contribution in [0.4, 0.5) is 4.39 Å². The molecule has 0 N–H and O–H groups in total. The normalized spacial score (nSPS) is 15.9. The standard InChI is InChI=1S/C20H23FO5/c1-3-12-26-20(24)16-11-10-15-14(18(16)21)9-8-13(19(15)23)6-5-7-17(22)25-4-2/h3,10-11,13H,1,4-9,12H2,2H3. The molecule has 1 aliphatic rings. The molecular formula is C20H23FO5. The third-order valence-electron chi connectivity index (χ3n) is 4.41. The summed E-state index contributed by atoms with van der Waals surface area (Å²) in [5, 5.41) is 0. The summed E-state index contributed by atoms with van der Waals surface area (Å²) in [6, 6.07) is 2.78. The second-order valence-electron chi connectivity index (χ2n) is 6.14. The van der Waals surface area contributed by atoms with Crippen molar-refractivity contribution < 1.29 is 28.2 Å². The quantitative estimate of drug-likeness (QED) is 0.521. The van der Waals surface area contributed by atoms with E-state index in [0.717, 1.165) is 0 Å². The number of fused-ring (bicyclic) bond motifs is 1. The molecule has 0 aromatic heterocycles. The van der Waals surface area contributed by atoms with Gasteiger partial charge in [-0.1, -0.05) is 18.7 Å². The zero-order valence-electron chi connectivity index (χ0n) is 14.9. The lowest BCUT2D eigenvalue weighted by Gasteiger charge is -2.24. The first-order chi connectivity index (χ1) is 12.5. The van der Waals surface area contributed by atoms with Crippen molar-refractivity contribution >= 4 is 17.7 Å². The molecule has 2 rings (SSSR count). The van der Waals surface area contributed by atoms with Crippen molar-refractivity contribution in [2.75, 3.05) is 13.2 Å². The predicted octanol–water partition coefficient (Wildman–Crippen LogP) is 3.65. The third kappa shape index (κ3) is 4.56. The van der Waals surface area contributed by atoms with Crippen LogP contribution in [-0.4, -0.2) is 30.9 Å². The first-order valence-electron chi connectivity index (χ1n) is 8.78. The Balaban J connectivity index is 2.06. The maximum absolute atomic E-state index is 14.6. The molecule has 5 nitrogen and oxygen atoms in total. The lowest BCUT2D eigenvalue weighted by atomic mass is 9.79. The van der Waals surface area contributed by atoms with Crippen molar-refractivity contribution in [3.05, 3.63) is 47.3 Å². The molecule has 1 aliphatic carbocycles. The fraction of sp³-hybridized carbons (Fsp3) is 0.450. The molecule has 0 radical (unpaired) electrons. The van der Waals surface area contributed by atoms with Gasteiger partial charge in [-0.2, -0.15) is 0 Å². The summed E-state index contributed by atoms with van der Waals surface area (Å²) in [5.74, 6) is -2.11. The van der Waals surface area contributed by atoms with Gasteiger partial charge in [0.25, 0.3) is 0 Å². The number of ketones is 1. The van der Waals surface area contributed by atoms with E-state index in [2.05, 4.69) is 6.58 Å². The minimum Gasteiger partial charge on any atom is -0.466 e. The van der Waals surface area contributed by atoms with Crippen LogP contribution in [0.5, 0.6) is 0 Å². The molecule has 0 spiro atoms. The first kappa shape index (κ1) is 19.8. The molecule has 0 bridgehead atoms. The zero-order chi connectivity index (χ0) is 19.1. The van der Waals surface area contributed by atoms with Gasteiger partial charge in [0.1, 0.15) is 12.4 Å². The average Bonchev–Trinajstić information content (AvgIpc) is 2.62. The fourth-order valence-corrected chi connectivity index (χ4v) is 3.14. The van der Waals surface area contributed by atoms with Gasteiger partial charge in [0.15, 0.2) is 5.78 Å². The SMILES string of the molecule is C=CCOC(=O)c1ccc2c(c1F)CCC(CCCC(=O)OCC)C2=O. The Morgan fingerprint density at radius 2 is 2.12 bits per heavy atom. The summed E-state index contributed by atoms with van der Waals surface area (Å²) >= 11 is 0. The monoisotopic (exact) mass is 362 g/mol. The Bertz CT molecular complexity index is 710. The number of halogens is 1. The van der Waals surface area contributed by atoms with Crippen molar-refractivity contribution in [3.63, 3.8) is 0 Å². The molecule has 0 heterocycles. The number of rotatable bonds is 8. The maximum Gasteiger partial charge on any atom is 0.341 e. The number of hydrogen-bond donors (Lipinski definition) is 0. The number of carbonyl (C=O) groups excluding carboxylic acids is 3. The molecule has 0 aliphatic heterocycles. The average molecular weight is 362 g/mol. The van der Waals surface area contributed by atoms with E-state index in [-0.39, 0.29) is 41.8 Å². The molecule has 6 heteroatoms. The summed E-state index contributed by atoms with van der Waals surface area (Å²) in [5.41, 5.74) is 0.416. The highest BCUT2D eigenvalue weighted by Gasteiger charge is 2.31. The van der Waals surface area contributed by atoms with Crippen LogP contribution in [0.2, 0.25) is 0 Å². The van der Waals surface area contributed by atoms with Crippen LogP contribution >= 0.6 is 0 Å². The number of benzene rings is 1. The van der Waals surface area contributed by atoms with E-state index >= 15 is 0 Å². The highest BCUT2D eigenvalue weighted by atomic mass is 19.1. The second-order valence-corrected chi connectivity index (χ2v) is 6.14. The van der Waals surface area contributed by atoms with Crippen LogP contribution in [0.3, 0.4) is 0 Å². The Morgan fingerprint density at radius 1 is 1.35 bits per heavy atom. The van der Waals surface area contributed by atoms with Gasteiger partial charge < -0.3 is 9.47 Å². The van der Waals surface area contributed by atoms with Gasteiger partial charge in [-0.25, -0.2) is 9.18 Å². The molecule has 1 atom stereocenters.